The number of anilines is 2. The molecule has 0 atom stereocenters. The third-order valence-corrected chi connectivity index (χ3v) is 6.49. The number of nitrogens with zero attached hydrogens (tertiary/aromatic N) is 2. The summed E-state index contributed by atoms with van der Waals surface area (Å²) in [5.74, 6) is -0.426. The number of rotatable bonds is 3. The fraction of sp³-hybridized carbons (Fsp3) is 0.0417. The number of thiocarbonyl (C=S) groups is 1. The second-order valence-corrected chi connectivity index (χ2v) is 8.59. The molecule has 4 nitrogen and oxygen atoms in total. The number of amides is 2. The van der Waals surface area contributed by atoms with Gasteiger partial charge in [-0.2, -0.15) is 0 Å². The number of thioether (sulfide) groups is 1. The molecular weight excluding hydrogens is 412 g/mol. The van der Waals surface area contributed by atoms with Crippen molar-refractivity contribution in [3.63, 3.8) is 0 Å². The standard InChI is InChI=1S/C24H16N2O2S2/c27-22-20(21-23(28)26(24(29)30-21)17-11-5-2-6-12-17)18-13-7-8-14-19(18)25(22)15-16-9-3-1-4-10-16/h1-14H,15H2. The van der Waals surface area contributed by atoms with Crippen molar-refractivity contribution in [2.24, 2.45) is 0 Å². The number of carbonyl (C=O) groups is 2. The molecule has 2 amide bonds. The highest BCUT2D eigenvalue weighted by atomic mass is 32.2. The summed E-state index contributed by atoms with van der Waals surface area (Å²) in [6.45, 7) is 0.444. The molecule has 2 aliphatic heterocycles. The van der Waals surface area contributed by atoms with Crippen LogP contribution in [0.1, 0.15) is 11.1 Å². The Morgan fingerprint density at radius 1 is 0.767 bits per heavy atom. The maximum absolute atomic E-state index is 13.5. The van der Waals surface area contributed by atoms with Gasteiger partial charge in [0.15, 0.2) is 4.32 Å². The van der Waals surface area contributed by atoms with Gasteiger partial charge < -0.3 is 4.90 Å². The first-order valence-electron chi connectivity index (χ1n) is 9.46. The van der Waals surface area contributed by atoms with E-state index in [-0.39, 0.29) is 11.8 Å². The van der Waals surface area contributed by atoms with Crippen LogP contribution in [-0.2, 0) is 16.1 Å². The molecule has 0 unspecified atom stereocenters. The summed E-state index contributed by atoms with van der Waals surface area (Å²) in [5.41, 5.74) is 3.74. The van der Waals surface area contributed by atoms with Crippen LogP contribution in [0, 0.1) is 0 Å². The minimum absolute atomic E-state index is 0.173. The van der Waals surface area contributed by atoms with E-state index in [2.05, 4.69) is 0 Å². The molecule has 146 valence electrons. The molecule has 3 aromatic carbocycles. The highest BCUT2D eigenvalue weighted by Crippen LogP contribution is 2.45. The van der Waals surface area contributed by atoms with Gasteiger partial charge in [0, 0.05) is 5.56 Å². The smallest absolute Gasteiger partial charge is 0.271 e. The highest BCUT2D eigenvalue weighted by Gasteiger charge is 2.42. The first-order valence-corrected chi connectivity index (χ1v) is 10.7. The third kappa shape index (κ3) is 3.05. The lowest BCUT2D eigenvalue weighted by Gasteiger charge is -2.17. The molecular formula is C24H16N2O2S2. The Bertz CT molecular complexity index is 1210. The summed E-state index contributed by atoms with van der Waals surface area (Å²) in [7, 11) is 0. The van der Waals surface area contributed by atoms with Gasteiger partial charge in [0.2, 0.25) is 0 Å². The minimum Gasteiger partial charge on any atom is -0.303 e. The van der Waals surface area contributed by atoms with Crippen LogP contribution < -0.4 is 9.80 Å². The molecule has 2 heterocycles. The van der Waals surface area contributed by atoms with Crippen molar-refractivity contribution in [1.29, 1.82) is 0 Å². The first-order chi connectivity index (χ1) is 14.6. The number of para-hydroxylation sites is 2. The summed E-state index contributed by atoms with van der Waals surface area (Å²) < 4.78 is 0.431. The zero-order chi connectivity index (χ0) is 20.7. The van der Waals surface area contributed by atoms with E-state index in [1.165, 1.54) is 16.7 Å². The van der Waals surface area contributed by atoms with Gasteiger partial charge in [-0.1, -0.05) is 90.7 Å². The van der Waals surface area contributed by atoms with Crippen LogP contribution >= 0.6 is 24.0 Å². The summed E-state index contributed by atoms with van der Waals surface area (Å²) in [6.07, 6.45) is 0. The monoisotopic (exact) mass is 428 g/mol. The van der Waals surface area contributed by atoms with Crippen molar-refractivity contribution >= 4 is 57.1 Å². The fourth-order valence-electron chi connectivity index (χ4n) is 3.74. The van der Waals surface area contributed by atoms with E-state index in [9.17, 15) is 9.59 Å². The maximum atomic E-state index is 13.5. The average Bonchev–Trinajstić information content (AvgIpc) is 3.22. The molecule has 1 fully saturated rings. The van der Waals surface area contributed by atoms with Crippen molar-refractivity contribution < 1.29 is 9.59 Å². The van der Waals surface area contributed by atoms with E-state index in [0.29, 0.717) is 27.0 Å². The van der Waals surface area contributed by atoms with Gasteiger partial charge in [-0.25, -0.2) is 0 Å². The maximum Gasteiger partial charge on any atom is 0.271 e. The Hall–Kier alpha value is -3.22. The van der Waals surface area contributed by atoms with Crippen molar-refractivity contribution in [2.75, 3.05) is 9.80 Å². The van der Waals surface area contributed by atoms with Gasteiger partial charge in [0.1, 0.15) is 0 Å². The predicted molar refractivity (Wildman–Crippen MR) is 125 cm³/mol. The molecule has 5 rings (SSSR count). The third-order valence-electron chi connectivity index (χ3n) is 5.12. The van der Waals surface area contributed by atoms with Crippen molar-refractivity contribution in [2.45, 2.75) is 6.54 Å². The van der Waals surface area contributed by atoms with Crippen LogP contribution in [0.25, 0.3) is 5.57 Å². The van der Waals surface area contributed by atoms with E-state index in [0.717, 1.165) is 16.8 Å². The minimum atomic E-state index is -0.254. The molecule has 6 heteroatoms. The summed E-state index contributed by atoms with van der Waals surface area (Å²) >= 11 is 6.68. The predicted octanol–water partition coefficient (Wildman–Crippen LogP) is 5.01. The molecule has 0 N–H and O–H groups in total. The van der Waals surface area contributed by atoms with Crippen molar-refractivity contribution in [3.8, 4) is 0 Å². The lowest BCUT2D eigenvalue weighted by atomic mass is 10.1. The molecule has 0 bridgehead atoms. The number of benzene rings is 3. The molecule has 0 radical (unpaired) electrons. The molecule has 30 heavy (non-hydrogen) atoms. The van der Waals surface area contributed by atoms with Gasteiger partial charge in [-0.15, -0.1) is 0 Å². The van der Waals surface area contributed by atoms with Crippen LogP contribution in [0.3, 0.4) is 0 Å². The Morgan fingerprint density at radius 2 is 1.40 bits per heavy atom. The molecule has 2 aliphatic rings. The normalized spacial score (nSPS) is 18.3. The molecule has 0 aliphatic carbocycles. The van der Waals surface area contributed by atoms with Gasteiger partial charge >= 0.3 is 0 Å². The van der Waals surface area contributed by atoms with Gasteiger partial charge in [0.25, 0.3) is 11.8 Å². The number of fused-ring (bicyclic) bond motifs is 1. The van der Waals surface area contributed by atoms with Gasteiger partial charge in [-0.3, -0.25) is 14.5 Å². The van der Waals surface area contributed by atoms with Gasteiger partial charge in [0.05, 0.1) is 28.4 Å². The zero-order valence-electron chi connectivity index (χ0n) is 15.8. The van der Waals surface area contributed by atoms with Crippen LogP contribution in [0.4, 0.5) is 11.4 Å². The van der Waals surface area contributed by atoms with E-state index in [1.54, 1.807) is 4.90 Å². The first kappa shape index (κ1) is 18.8. The topological polar surface area (TPSA) is 40.6 Å². The van der Waals surface area contributed by atoms with Crippen LogP contribution in [0.5, 0.6) is 0 Å². The molecule has 3 aromatic rings. The SMILES string of the molecule is O=C1C(=C2SC(=S)N(c3ccccc3)C2=O)c2ccccc2N1Cc1ccccc1. The number of hydrogen-bond acceptors (Lipinski definition) is 4. The van der Waals surface area contributed by atoms with E-state index < -0.39 is 0 Å². The van der Waals surface area contributed by atoms with E-state index in [1.807, 2.05) is 84.9 Å². The Kier molecular flexibility index (Phi) is 4.73. The van der Waals surface area contributed by atoms with Crippen molar-refractivity contribution in [1.82, 2.24) is 0 Å². The van der Waals surface area contributed by atoms with E-state index in [4.69, 9.17) is 12.2 Å². The molecule has 0 spiro atoms. The van der Waals surface area contributed by atoms with Crippen LogP contribution in [-0.4, -0.2) is 16.1 Å². The second-order valence-electron chi connectivity index (χ2n) is 6.94. The number of hydrogen-bond donors (Lipinski definition) is 0. The van der Waals surface area contributed by atoms with E-state index >= 15 is 0 Å². The summed E-state index contributed by atoms with van der Waals surface area (Å²) in [4.78, 5) is 30.4. The Morgan fingerprint density at radius 3 is 2.13 bits per heavy atom. The lowest BCUT2D eigenvalue weighted by Crippen LogP contribution is -2.29. The quantitative estimate of drug-likeness (QED) is 0.434. The van der Waals surface area contributed by atoms with Gasteiger partial charge in [-0.05, 0) is 23.8 Å². The van der Waals surface area contributed by atoms with Crippen LogP contribution in [0.15, 0.2) is 89.8 Å². The average molecular weight is 429 g/mol. The Balaban J connectivity index is 1.59. The summed E-state index contributed by atoms with van der Waals surface area (Å²) in [6, 6.07) is 26.7. The second kappa shape index (κ2) is 7.55. The Labute approximate surface area is 183 Å². The fourth-order valence-corrected chi connectivity index (χ4v) is 5.11. The summed E-state index contributed by atoms with van der Waals surface area (Å²) in [5, 5.41) is 0. The zero-order valence-corrected chi connectivity index (χ0v) is 17.5. The highest BCUT2D eigenvalue weighted by molar-refractivity contribution is 8.27. The molecule has 0 saturated carbocycles. The molecule has 0 aromatic heterocycles. The largest absolute Gasteiger partial charge is 0.303 e. The van der Waals surface area contributed by atoms with Crippen LogP contribution in [0.2, 0.25) is 0 Å². The number of carbonyl (C=O) groups excluding carboxylic acids is 2. The molecule has 1 saturated heterocycles. The van der Waals surface area contributed by atoms with Crippen molar-refractivity contribution in [3.05, 3.63) is 101 Å². The lowest BCUT2D eigenvalue weighted by molar-refractivity contribution is -0.115.